The second kappa shape index (κ2) is 5.56. The Morgan fingerprint density at radius 1 is 0.947 bits per heavy atom. The van der Waals surface area contributed by atoms with Gasteiger partial charge in [0.25, 0.3) is 0 Å². The van der Waals surface area contributed by atoms with Crippen molar-refractivity contribution in [3.05, 3.63) is 71.0 Å². The first-order valence-electron chi connectivity index (χ1n) is 5.44. The SMILES string of the molecule is O=C(OCc1ccccc1)c1ccc(F)c(F)c1F. The maximum atomic E-state index is 13.3. The Kier molecular flexibility index (Phi) is 3.85. The molecule has 2 aromatic rings. The molecule has 0 aliphatic heterocycles. The van der Waals surface area contributed by atoms with Gasteiger partial charge in [-0.25, -0.2) is 18.0 Å². The van der Waals surface area contributed by atoms with E-state index in [2.05, 4.69) is 0 Å². The molecule has 0 bridgehead atoms. The van der Waals surface area contributed by atoms with Crippen LogP contribution < -0.4 is 0 Å². The predicted octanol–water partition coefficient (Wildman–Crippen LogP) is 3.46. The van der Waals surface area contributed by atoms with E-state index >= 15 is 0 Å². The molecule has 0 aliphatic rings. The molecule has 98 valence electrons. The van der Waals surface area contributed by atoms with Crippen LogP contribution in [0.3, 0.4) is 0 Å². The largest absolute Gasteiger partial charge is 0.457 e. The topological polar surface area (TPSA) is 26.3 Å². The molecule has 0 saturated heterocycles. The van der Waals surface area contributed by atoms with Crippen LogP contribution in [0.5, 0.6) is 0 Å². The van der Waals surface area contributed by atoms with Gasteiger partial charge in [0.15, 0.2) is 17.5 Å². The molecule has 0 heterocycles. The monoisotopic (exact) mass is 266 g/mol. The van der Waals surface area contributed by atoms with Crippen molar-refractivity contribution < 1.29 is 22.7 Å². The number of hydrogen-bond donors (Lipinski definition) is 0. The van der Waals surface area contributed by atoms with E-state index in [1.807, 2.05) is 0 Å². The van der Waals surface area contributed by atoms with Crippen LogP contribution in [0.15, 0.2) is 42.5 Å². The number of halogens is 3. The average Bonchev–Trinajstić information content (AvgIpc) is 2.43. The second-order valence-corrected chi connectivity index (χ2v) is 3.78. The normalized spacial score (nSPS) is 10.3. The number of hydrogen-bond acceptors (Lipinski definition) is 2. The lowest BCUT2D eigenvalue weighted by Crippen LogP contribution is -2.09. The summed E-state index contributed by atoms with van der Waals surface area (Å²) in [7, 11) is 0. The van der Waals surface area contributed by atoms with Crippen molar-refractivity contribution in [1.82, 2.24) is 0 Å². The van der Waals surface area contributed by atoms with Gasteiger partial charge < -0.3 is 4.74 Å². The summed E-state index contributed by atoms with van der Waals surface area (Å²) >= 11 is 0. The summed E-state index contributed by atoms with van der Waals surface area (Å²) in [4.78, 5) is 11.6. The predicted molar refractivity (Wildman–Crippen MR) is 61.9 cm³/mol. The van der Waals surface area contributed by atoms with Crippen LogP contribution in [0, 0.1) is 17.5 Å². The van der Waals surface area contributed by atoms with Crippen molar-refractivity contribution in [2.75, 3.05) is 0 Å². The molecular formula is C14H9F3O2. The Morgan fingerprint density at radius 3 is 2.32 bits per heavy atom. The number of carbonyl (C=O) groups excluding carboxylic acids is 1. The van der Waals surface area contributed by atoms with Gasteiger partial charge in [-0.1, -0.05) is 30.3 Å². The van der Waals surface area contributed by atoms with E-state index in [0.29, 0.717) is 11.6 Å². The summed E-state index contributed by atoms with van der Waals surface area (Å²) in [6.45, 7) is -0.0713. The third-order valence-electron chi connectivity index (χ3n) is 2.47. The first-order valence-corrected chi connectivity index (χ1v) is 5.44. The molecule has 0 unspecified atom stereocenters. The third kappa shape index (κ3) is 2.93. The Hall–Kier alpha value is -2.30. The van der Waals surface area contributed by atoms with E-state index < -0.39 is 29.0 Å². The van der Waals surface area contributed by atoms with Gasteiger partial charge in [-0.2, -0.15) is 0 Å². The van der Waals surface area contributed by atoms with E-state index in [1.165, 1.54) is 0 Å². The van der Waals surface area contributed by atoms with Gasteiger partial charge in [0.1, 0.15) is 6.61 Å². The molecule has 19 heavy (non-hydrogen) atoms. The van der Waals surface area contributed by atoms with Gasteiger partial charge in [-0.15, -0.1) is 0 Å². The molecule has 0 spiro atoms. The van der Waals surface area contributed by atoms with Crippen LogP contribution >= 0.6 is 0 Å². The molecule has 2 nitrogen and oxygen atoms in total. The standard InChI is InChI=1S/C14H9F3O2/c15-11-7-6-10(12(16)13(11)17)14(18)19-8-9-4-2-1-3-5-9/h1-7H,8H2. The van der Waals surface area contributed by atoms with Crippen molar-refractivity contribution >= 4 is 5.97 Å². The van der Waals surface area contributed by atoms with Gasteiger partial charge in [-0.3, -0.25) is 0 Å². The molecule has 2 aromatic carbocycles. The van der Waals surface area contributed by atoms with E-state index in [9.17, 15) is 18.0 Å². The summed E-state index contributed by atoms with van der Waals surface area (Å²) in [5.74, 6) is -5.62. The Balaban J connectivity index is 2.11. The van der Waals surface area contributed by atoms with Crippen molar-refractivity contribution in [1.29, 1.82) is 0 Å². The lowest BCUT2D eigenvalue weighted by atomic mass is 10.2. The minimum Gasteiger partial charge on any atom is -0.457 e. The molecule has 0 amide bonds. The first kappa shape index (κ1) is 13.1. The zero-order valence-electron chi connectivity index (χ0n) is 9.70. The highest BCUT2D eigenvalue weighted by atomic mass is 19.2. The van der Waals surface area contributed by atoms with E-state index in [4.69, 9.17) is 4.74 Å². The maximum Gasteiger partial charge on any atom is 0.341 e. The van der Waals surface area contributed by atoms with E-state index in [-0.39, 0.29) is 6.61 Å². The average molecular weight is 266 g/mol. The number of rotatable bonds is 3. The fraction of sp³-hybridized carbons (Fsp3) is 0.0714. The van der Waals surface area contributed by atoms with Crippen LogP contribution in [0.2, 0.25) is 0 Å². The van der Waals surface area contributed by atoms with E-state index in [0.717, 1.165) is 6.07 Å². The van der Waals surface area contributed by atoms with Gasteiger partial charge in [-0.05, 0) is 17.7 Å². The molecular weight excluding hydrogens is 257 g/mol. The van der Waals surface area contributed by atoms with Crippen molar-refractivity contribution in [3.63, 3.8) is 0 Å². The van der Waals surface area contributed by atoms with Gasteiger partial charge in [0.2, 0.25) is 0 Å². The number of carbonyl (C=O) groups is 1. The van der Waals surface area contributed by atoms with Crippen LogP contribution in [0.25, 0.3) is 0 Å². The number of esters is 1. The summed E-state index contributed by atoms with van der Waals surface area (Å²) in [6, 6.07) is 10.3. The van der Waals surface area contributed by atoms with Crippen molar-refractivity contribution in [3.8, 4) is 0 Å². The molecule has 0 fully saturated rings. The van der Waals surface area contributed by atoms with Crippen LogP contribution in [0.1, 0.15) is 15.9 Å². The van der Waals surface area contributed by atoms with Crippen molar-refractivity contribution in [2.24, 2.45) is 0 Å². The molecule has 0 saturated carbocycles. The summed E-state index contributed by atoms with van der Waals surface area (Å²) in [6.07, 6.45) is 0. The maximum absolute atomic E-state index is 13.3. The molecule has 2 rings (SSSR count). The number of benzene rings is 2. The Labute approximate surface area is 107 Å². The highest BCUT2D eigenvalue weighted by Crippen LogP contribution is 2.16. The van der Waals surface area contributed by atoms with Gasteiger partial charge in [0, 0.05) is 0 Å². The quantitative estimate of drug-likeness (QED) is 0.628. The highest BCUT2D eigenvalue weighted by Gasteiger charge is 2.19. The summed E-state index contributed by atoms with van der Waals surface area (Å²) in [5.41, 5.74) is 0.0775. The zero-order chi connectivity index (χ0) is 13.8. The number of ether oxygens (including phenoxy) is 1. The van der Waals surface area contributed by atoms with Crippen molar-refractivity contribution in [2.45, 2.75) is 6.61 Å². The summed E-state index contributed by atoms with van der Waals surface area (Å²) in [5, 5.41) is 0. The van der Waals surface area contributed by atoms with Gasteiger partial charge >= 0.3 is 5.97 Å². The first-order chi connectivity index (χ1) is 9.09. The van der Waals surface area contributed by atoms with Crippen LogP contribution in [0.4, 0.5) is 13.2 Å². The highest BCUT2D eigenvalue weighted by molar-refractivity contribution is 5.89. The lowest BCUT2D eigenvalue weighted by molar-refractivity contribution is 0.0466. The Bertz CT molecular complexity index is 597. The molecule has 0 N–H and O–H groups in total. The van der Waals surface area contributed by atoms with E-state index in [1.54, 1.807) is 30.3 Å². The fourth-order valence-electron chi connectivity index (χ4n) is 1.48. The smallest absolute Gasteiger partial charge is 0.341 e. The molecule has 0 radical (unpaired) electrons. The van der Waals surface area contributed by atoms with Crippen LogP contribution in [-0.2, 0) is 11.3 Å². The minimum atomic E-state index is -1.69. The molecule has 5 heteroatoms. The Morgan fingerprint density at radius 2 is 1.63 bits per heavy atom. The third-order valence-corrected chi connectivity index (χ3v) is 2.47. The van der Waals surface area contributed by atoms with Crippen LogP contribution in [-0.4, -0.2) is 5.97 Å². The zero-order valence-corrected chi connectivity index (χ0v) is 9.70. The fourth-order valence-corrected chi connectivity index (χ4v) is 1.48. The molecule has 0 atom stereocenters. The molecule has 0 aliphatic carbocycles. The second-order valence-electron chi connectivity index (χ2n) is 3.78. The minimum absolute atomic E-state index is 0.0713. The lowest BCUT2D eigenvalue weighted by Gasteiger charge is -2.06. The summed E-state index contributed by atoms with van der Waals surface area (Å²) < 4.78 is 43.8. The molecule has 0 aromatic heterocycles. The van der Waals surface area contributed by atoms with Gasteiger partial charge in [0.05, 0.1) is 5.56 Å².